The summed E-state index contributed by atoms with van der Waals surface area (Å²) >= 11 is 0. The van der Waals surface area contributed by atoms with Crippen molar-refractivity contribution in [3.05, 3.63) is 84.4 Å². The number of benzene rings is 3. The topological polar surface area (TPSA) is 35.3 Å². The lowest BCUT2D eigenvalue weighted by Crippen LogP contribution is -1.96. The summed E-state index contributed by atoms with van der Waals surface area (Å²) < 4.78 is 11.8. The van der Waals surface area contributed by atoms with Gasteiger partial charge in [0.25, 0.3) is 0 Å². The van der Waals surface area contributed by atoms with Gasteiger partial charge in [-0.25, -0.2) is 4.98 Å². The molecule has 0 fully saturated rings. The van der Waals surface area contributed by atoms with Crippen molar-refractivity contribution in [2.75, 3.05) is 0 Å². The van der Waals surface area contributed by atoms with Crippen molar-refractivity contribution >= 4 is 11.1 Å². The lowest BCUT2D eigenvalue weighted by molar-refractivity contribution is 0.307. The lowest BCUT2D eigenvalue weighted by atomic mass is 10.2. The third-order valence-electron chi connectivity index (χ3n) is 3.65. The highest BCUT2D eigenvalue weighted by Gasteiger charge is 2.12. The van der Waals surface area contributed by atoms with Gasteiger partial charge in [0, 0.05) is 0 Å². The Morgan fingerprint density at radius 3 is 2.39 bits per heavy atom. The Balaban J connectivity index is 1.66. The molecule has 3 aromatic carbocycles. The molecule has 0 amide bonds. The molecule has 4 aromatic rings. The molecule has 4 rings (SSSR count). The summed E-state index contributed by atoms with van der Waals surface area (Å²) in [5, 5.41) is 0. The van der Waals surface area contributed by atoms with Gasteiger partial charge in [0.2, 0.25) is 5.89 Å². The molecular formula is C20H15NO2. The second kappa shape index (κ2) is 5.97. The Bertz CT molecular complexity index is 895. The zero-order valence-corrected chi connectivity index (χ0v) is 12.5. The van der Waals surface area contributed by atoms with E-state index in [-0.39, 0.29) is 0 Å². The third kappa shape index (κ3) is 2.81. The molecule has 0 bridgehead atoms. The Morgan fingerprint density at radius 1 is 0.783 bits per heavy atom. The van der Waals surface area contributed by atoms with E-state index in [0.29, 0.717) is 12.5 Å². The van der Waals surface area contributed by atoms with E-state index in [1.165, 1.54) is 0 Å². The van der Waals surface area contributed by atoms with Crippen LogP contribution in [0.1, 0.15) is 5.56 Å². The Kier molecular flexibility index (Phi) is 3.53. The fraction of sp³-hybridized carbons (Fsp3) is 0.0500. The van der Waals surface area contributed by atoms with Crippen LogP contribution in [0.5, 0.6) is 5.75 Å². The second-order valence-corrected chi connectivity index (χ2v) is 5.26. The van der Waals surface area contributed by atoms with Crippen molar-refractivity contribution in [1.29, 1.82) is 0 Å². The normalized spacial score (nSPS) is 10.8. The number of ether oxygens (including phenoxy) is 1. The van der Waals surface area contributed by atoms with Crippen molar-refractivity contribution in [3.8, 4) is 17.2 Å². The molecule has 0 unspecified atom stereocenters. The number of para-hydroxylation sites is 3. The highest BCUT2D eigenvalue weighted by molar-refractivity contribution is 5.77. The van der Waals surface area contributed by atoms with Crippen LogP contribution in [-0.4, -0.2) is 4.98 Å². The van der Waals surface area contributed by atoms with Gasteiger partial charge >= 0.3 is 0 Å². The number of fused-ring (bicyclic) bond motifs is 1. The van der Waals surface area contributed by atoms with Gasteiger partial charge in [0.15, 0.2) is 5.58 Å². The van der Waals surface area contributed by atoms with Gasteiger partial charge in [0.1, 0.15) is 17.9 Å². The summed E-state index contributed by atoms with van der Waals surface area (Å²) in [7, 11) is 0. The maximum atomic E-state index is 5.97. The Morgan fingerprint density at radius 2 is 1.52 bits per heavy atom. The molecule has 0 atom stereocenters. The van der Waals surface area contributed by atoms with Gasteiger partial charge in [-0.3, -0.25) is 0 Å². The van der Waals surface area contributed by atoms with E-state index in [2.05, 4.69) is 4.98 Å². The van der Waals surface area contributed by atoms with E-state index in [1.54, 1.807) is 0 Å². The van der Waals surface area contributed by atoms with Crippen LogP contribution in [0.3, 0.4) is 0 Å². The number of rotatable bonds is 4. The van der Waals surface area contributed by atoms with Crippen LogP contribution >= 0.6 is 0 Å². The molecular weight excluding hydrogens is 286 g/mol. The Labute approximate surface area is 134 Å². The van der Waals surface area contributed by atoms with E-state index in [1.807, 2.05) is 78.9 Å². The smallest absolute Gasteiger partial charge is 0.231 e. The molecule has 23 heavy (non-hydrogen) atoms. The molecule has 112 valence electrons. The first-order valence-corrected chi connectivity index (χ1v) is 7.52. The quantitative estimate of drug-likeness (QED) is 0.527. The third-order valence-corrected chi connectivity index (χ3v) is 3.65. The summed E-state index contributed by atoms with van der Waals surface area (Å²) in [4.78, 5) is 4.55. The minimum Gasteiger partial charge on any atom is -0.488 e. The molecule has 0 saturated heterocycles. The van der Waals surface area contributed by atoms with Gasteiger partial charge in [-0.1, -0.05) is 54.6 Å². The van der Waals surface area contributed by atoms with E-state index in [4.69, 9.17) is 9.15 Å². The van der Waals surface area contributed by atoms with Gasteiger partial charge < -0.3 is 9.15 Å². The van der Waals surface area contributed by atoms with Gasteiger partial charge in [-0.15, -0.1) is 0 Å². The molecule has 1 aromatic heterocycles. The summed E-state index contributed by atoms with van der Waals surface area (Å²) in [6, 6.07) is 25.7. The standard InChI is InChI=1S/C20H15NO2/c1-2-8-15(9-3-1)14-22-18-12-6-4-10-16(18)20-21-17-11-5-7-13-19(17)23-20/h1-13H,14H2. The summed E-state index contributed by atoms with van der Waals surface area (Å²) in [5.41, 5.74) is 3.61. The molecule has 0 aliphatic rings. The first kappa shape index (κ1) is 13.6. The van der Waals surface area contributed by atoms with E-state index >= 15 is 0 Å². The average molecular weight is 301 g/mol. The van der Waals surface area contributed by atoms with Crippen LogP contribution in [0.2, 0.25) is 0 Å². The van der Waals surface area contributed by atoms with Gasteiger partial charge in [-0.2, -0.15) is 0 Å². The Hall–Kier alpha value is -3.07. The van der Waals surface area contributed by atoms with Crippen LogP contribution in [0, 0.1) is 0 Å². The fourth-order valence-corrected chi connectivity index (χ4v) is 2.49. The van der Waals surface area contributed by atoms with Crippen molar-refractivity contribution in [2.45, 2.75) is 6.61 Å². The molecule has 3 heteroatoms. The van der Waals surface area contributed by atoms with Crippen molar-refractivity contribution in [2.24, 2.45) is 0 Å². The zero-order chi connectivity index (χ0) is 15.5. The summed E-state index contributed by atoms with van der Waals surface area (Å²) in [6.45, 7) is 0.512. The molecule has 0 spiro atoms. The minimum absolute atomic E-state index is 0.512. The molecule has 1 heterocycles. The molecule has 0 aliphatic heterocycles. The zero-order valence-electron chi connectivity index (χ0n) is 12.5. The monoisotopic (exact) mass is 301 g/mol. The fourth-order valence-electron chi connectivity index (χ4n) is 2.49. The number of hydrogen-bond acceptors (Lipinski definition) is 3. The summed E-state index contributed by atoms with van der Waals surface area (Å²) in [5.74, 6) is 1.35. The molecule has 0 saturated carbocycles. The second-order valence-electron chi connectivity index (χ2n) is 5.26. The maximum Gasteiger partial charge on any atom is 0.231 e. The van der Waals surface area contributed by atoms with Crippen LogP contribution in [0.25, 0.3) is 22.6 Å². The molecule has 0 radical (unpaired) electrons. The molecule has 0 aliphatic carbocycles. The number of hydrogen-bond donors (Lipinski definition) is 0. The average Bonchev–Trinajstić information content (AvgIpc) is 3.05. The predicted molar refractivity (Wildman–Crippen MR) is 90.2 cm³/mol. The largest absolute Gasteiger partial charge is 0.488 e. The van der Waals surface area contributed by atoms with E-state index in [0.717, 1.165) is 28.0 Å². The lowest BCUT2D eigenvalue weighted by Gasteiger charge is -2.09. The SMILES string of the molecule is c1ccc(COc2ccccc2-c2nc3ccccc3o2)cc1. The highest BCUT2D eigenvalue weighted by atomic mass is 16.5. The highest BCUT2D eigenvalue weighted by Crippen LogP contribution is 2.31. The van der Waals surface area contributed by atoms with Crippen LogP contribution < -0.4 is 4.74 Å². The van der Waals surface area contributed by atoms with Crippen LogP contribution in [0.15, 0.2) is 83.3 Å². The molecule has 0 N–H and O–H groups in total. The minimum atomic E-state index is 0.512. The molecule has 3 nitrogen and oxygen atoms in total. The van der Waals surface area contributed by atoms with Gasteiger partial charge in [0.05, 0.1) is 5.56 Å². The summed E-state index contributed by atoms with van der Waals surface area (Å²) in [6.07, 6.45) is 0. The van der Waals surface area contributed by atoms with Gasteiger partial charge in [-0.05, 0) is 29.8 Å². The first-order valence-electron chi connectivity index (χ1n) is 7.52. The first-order chi connectivity index (χ1) is 11.4. The predicted octanol–water partition coefficient (Wildman–Crippen LogP) is 5.07. The van der Waals surface area contributed by atoms with Crippen LogP contribution in [-0.2, 0) is 6.61 Å². The maximum absolute atomic E-state index is 5.97. The number of nitrogens with zero attached hydrogens (tertiary/aromatic N) is 1. The number of aromatic nitrogens is 1. The van der Waals surface area contributed by atoms with Crippen LogP contribution in [0.4, 0.5) is 0 Å². The van der Waals surface area contributed by atoms with Crippen molar-refractivity contribution in [1.82, 2.24) is 4.98 Å². The van der Waals surface area contributed by atoms with Crippen molar-refractivity contribution < 1.29 is 9.15 Å². The van der Waals surface area contributed by atoms with E-state index in [9.17, 15) is 0 Å². The number of oxazole rings is 1. The van der Waals surface area contributed by atoms with E-state index < -0.39 is 0 Å². The van der Waals surface area contributed by atoms with Crippen molar-refractivity contribution in [3.63, 3.8) is 0 Å².